The van der Waals surface area contributed by atoms with Gasteiger partial charge < -0.3 is 15.6 Å². The monoisotopic (exact) mass is 365 g/mol. The van der Waals surface area contributed by atoms with E-state index in [0.717, 1.165) is 12.1 Å². The molecular formula is C20H22F3NO2. The van der Waals surface area contributed by atoms with Gasteiger partial charge in [-0.15, -0.1) is 0 Å². The lowest BCUT2D eigenvalue weighted by Gasteiger charge is -2.31. The zero-order valence-corrected chi connectivity index (χ0v) is 14.8. The van der Waals surface area contributed by atoms with Crippen LogP contribution in [0, 0.1) is 17.5 Å². The van der Waals surface area contributed by atoms with E-state index in [1.807, 2.05) is 0 Å². The molecule has 0 bridgehead atoms. The van der Waals surface area contributed by atoms with Gasteiger partial charge in [-0.25, -0.2) is 13.2 Å². The van der Waals surface area contributed by atoms with Crippen molar-refractivity contribution in [3.63, 3.8) is 0 Å². The Hall–Kier alpha value is -1.89. The topological polar surface area (TPSA) is 55.5 Å². The van der Waals surface area contributed by atoms with Crippen LogP contribution in [0.15, 0.2) is 30.3 Å². The van der Waals surface area contributed by atoms with Crippen molar-refractivity contribution in [1.82, 2.24) is 0 Å². The van der Waals surface area contributed by atoms with Crippen molar-refractivity contribution in [2.45, 2.75) is 37.9 Å². The maximum absolute atomic E-state index is 15.4. The molecule has 1 saturated heterocycles. The van der Waals surface area contributed by atoms with Crippen molar-refractivity contribution in [1.29, 1.82) is 0 Å². The van der Waals surface area contributed by atoms with Crippen molar-refractivity contribution in [2.75, 3.05) is 13.2 Å². The molecule has 0 aliphatic carbocycles. The zero-order valence-electron chi connectivity index (χ0n) is 14.8. The largest absolute Gasteiger partial charge is 0.386 e. The molecule has 140 valence electrons. The SMILES string of the molecule is CC(C)(O)c1cc([C@@]2(CN)CCCO2)c(F)c(-c2ccc(F)cc2)c1F. The highest BCUT2D eigenvalue weighted by atomic mass is 19.1. The first-order valence-electron chi connectivity index (χ1n) is 8.55. The van der Waals surface area contributed by atoms with Crippen molar-refractivity contribution in [3.05, 3.63) is 58.9 Å². The summed E-state index contributed by atoms with van der Waals surface area (Å²) in [6.07, 6.45) is 1.21. The van der Waals surface area contributed by atoms with Crippen LogP contribution in [-0.2, 0) is 15.9 Å². The Balaban J connectivity index is 2.33. The normalized spacial score (nSPS) is 20.6. The van der Waals surface area contributed by atoms with Gasteiger partial charge in [0.25, 0.3) is 0 Å². The second-order valence-corrected chi connectivity index (χ2v) is 7.19. The van der Waals surface area contributed by atoms with E-state index >= 15 is 8.78 Å². The van der Waals surface area contributed by atoms with Gasteiger partial charge in [0, 0.05) is 24.3 Å². The second-order valence-electron chi connectivity index (χ2n) is 7.19. The first-order valence-corrected chi connectivity index (χ1v) is 8.55. The van der Waals surface area contributed by atoms with Gasteiger partial charge in [0.1, 0.15) is 23.1 Å². The minimum absolute atomic E-state index is 0.0315. The van der Waals surface area contributed by atoms with E-state index in [9.17, 15) is 9.50 Å². The van der Waals surface area contributed by atoms with Gasteiger partial charge in [-0.1, -0.05) is 12.1 Å². The number of hydrogen-bond donors (Lipinski definition) is 2. The minimum Gasteiger partial charge on any atom is -0.386 e. The Kier molecular flexibility index (Phi) is 4.86. The highest BCUT2D eigenvalue weighted by Crippen LogP contribution is 2.43. The molecule has 0 spiro atoms. The van der Waals surface area contributed by atoms with E-state index in [1.165, 1.54) is 32.0 Å². The number of rotatable bonds is 4. The van der Waals surface area contributed by atoms with Gasteiger partial charge in [-0.2, -0.15) is 0 Å². The summed E-state index contributed by atoms with van der Waals surface area (Å²) < 4.78 is 49.6. The van der Waals surface area contributed by atoms with Crippen LogP contribution in [0.5, 0.6) is 0 Å². The summed E-state index contributed by atoms with van der Waals surface area (Å²) in [6.45, 7) is 3.31. The van der Waals surface area contributed by atoms with Crippen LogP contribution < -0.4 is 5.73 Å². The highest BCUT2D eigenvalue weighted by molar-refractivity contribution is 5.68. The molecule has 1 fully saturated rings. The number of nitrogens with two attached hydrogens (primary N) is 1. The fourth-order valence-electron chi connectivity index (χ4n) is 3.46. The average Bonchev–Trinajstić information content (AvgIpc) is 3.05. The summed E-state index contributed by atoms with van der Waals surface area (Å²) in [4.78, 5) is 0. The quantitative estimate of drug-likeness (QED) is 0.862. The van der Waals surface area contributed by atoms with Gasteiger partial charge in [0.2, 0.25) is 0 Å². The van der Waals surface area contributed by atoms with Crippen molar-refractivity contribution < 1.29 is 23.0 Å². The third-order valence-corrected chi connectivity index (χ3v) is 4.92. The lowest BCUT2D eigenvalue weighted by Crippen LogP contribution is -2.36. The third kappa shape index (κ3) is 3.13. The number of halogens is 3. The lowest BCUT2D eigenvalue weighted by molar-refractivity contribution is 0.00454. The molecule has 1 aliphatic heterocycles. The Morgan fingerprint density at radius 1 is 1.15 bits per heavy atom. The summed E-state index contributed by atoms with van der Waals surface area (Å²) in [6, 6.07) is 6.18. The van der Waals surface area contributed by atoms with Crippen LogP contribution in [-0.4, -0.2) is 18.3 Å². The molecule has 26 heavy (non-hydrogen) atoms. The summed E-state index contributed by atoms with van der Waals surface area (Å²) >= 11 is 0. The summed E-state index contributed by atoms with van der Waals surface area (Å²) in [5.74, 6) is -2.18. The summed E-state index contributed by atoms with van der Waals surface area (Å²) in [7, 11) is 0. The molecule has 0 aromatic heterocycles. The van der Waals surface area contributed by atoms with Crippen LogP contribution in [0.3, 0.4) is 0 Å². The van der Waals surface area contributed by atoms with Crippen LogP contribution in [0.2, 0.25) is 0 Å². The Morgan fingerprint density at radius 3 is 2.31 bits per heavy atom. The standard InChI is InChI=1S/C20H22F3NO2/c1-19(2,25)14-10-15(20(11-24)8-3-9-26-20)18(23)16(17(14)22)12-4-6-13(21)7-5-12/h4-7,10,25H,3,8-9,11,24H2,1-2H3/t20-/m0/s1. The van der Waals surface area contributed by atoms with E-state index in [0.29, 0.717) is 19.4 Å². The van der Waals surface area contributed by atoms with Gasteiger partial charge in [0.15, 0.2) is 0 Å². The molecule has 1 aliphatic rings. The molecule has 2 aromatic rings. The lowest BCUT2D eigenvalue weighted by atomic mass is 9.83. The van der Waals surface area contributed by atoms with Gasteiger partial charge in [-0.3, -0.25) is 0 Å². The van der Waals surface area contributed by atoms with Crippen molar-refractivity contribution in [2.24, 2.45) is 5.73 Å². The molecule has 0 saturated carbocycles. The van der Waals surface area contributed by atoms with Crippen LogP contribution in [0.25, 0.3) is 11.1 Å². The first-order chi connectivity index (χ1) is 12.2. The predicted octanol–water partition coefficient (Wildman–Crippen LogP) is 3.96. The number of benzene rings is 2. The van der Waals surface area contributed by atoms with Gasteiger partial charge in [0.05, 0.1) is 11.2 Å². The maximum atomic E-state index is 15.4. The Morgan fingerprint density at radius 2 is 1.81 bits per heavy atom. The first kappa shape index (κ1) is 18.9. The fraction of sp³-hybridized carbons (Fsp3) is 0.400. The number of ether oxygens (including phenoxy) is 1. The average molecular weight is 365 g/mol. The molecule has 3 nitrogen and oxygen atoms in total. The summed E-state index contributed by atoms with van der Waals surface area (Å²) in [5, 5.41) is 10.4. The van der Waals surface area contributed by atoms with E-state index in [-0.39, 0.29) is 28.8 Å². The minimum atomic E-state index is -1.55. The summed E-state index contributed by atoms with van der Waals surface area (Å²) in [5.41, 5.74) is 3.19. The molecule has 3 N–H and O–H groups in total. The molecular weight excluding hydrogens is 343 g/mol. The van der Waals surface area contributed by atoms with E-state index in [4.69, 9.17) is 10.5 Å². The fourth-order valence-corrected chi connectivity index (χ4v) is 3.46. The van der Waals surface area contributed by atoms with Gasteiger partial charge in [-0.05, 0) is 50.5 Å². The molecule has 0 radical (unpaired) electrons. The van der Waals surface area contributed by atoms with E-state index in [1.54, 1.807) is 0 Å². The zero-order chi connectivity index (χ0) is 19.1. The van der Waals surface area contributed by atoms with E-state index in [2.05, 4.69) is 0 Å². The van der Waals surface area contributed by atoms with Crippen molar-refractivity contribution in [3.8, 4) is 11.1 Å². The molecule has 0 unspecified atom stereocenters. The van der Waals surface area contributed by atoms with E-state index < -0.39 is 28.7 Å². The molecule has 2 aromatic carbocycles. The predicted molar refractivity (Wildman–Crippen MR) is 92.9 cm³/mol. The second kappa shape index (κ2) is 6.68. The van der Waals surface area contributed by atoms with Crippen LogP contribution in [0.1, 0.15) is 37.8 Å². The number of hydrogen-bond acceptors (Lipinski definition) is 3. The molecule has 3 rings (SSSR count). The Bertz CT molecular complexity index is 807. The molecule has 0 amide bonds. The molecule has 1 heterocycles. The smallest absolute Gasteiger partial charge is 0.140 e. The Labute approximate surface area is 150 Å². The maximum Gasteiger partial charge on any atom is 0.140 e. The van der Waals surface area contributed by atoms with Crippen LogP contribution in [0.4, 0.5) is 13.2 Å². The molecule has 1 atom stereocenters. The van der Waals surface area contributed by atoms with Crippen molar-refractivity contribution >= 4 is 0 Å². The van der Waals surface area contributed by atoms with Gasteiger partial charge >= 0.3 is 0 Å². The van der Waals surface area contributed by atoms with Crippen LogP contribution >= 0.6 is 0 Å². The number of aliphatic hydroxyl groups is 1. The molecule has 6 heteroatoms. The highest BCUT2D eigenvalue weighted by Gasteiger charge is 2.41. The third-order valence-electron chi connectivity index (χ3n) is 4.92.